The molecule has 0 atom stereocenters. The number of pyridine rings is 1. The number of H-pyrrole nitrogens is 2. The molecule has 0 amide bonds. The molecule has 0 saturated carbocycles. The van der Waals surface area contributed by atoms with Crippen molar-refractivity contribution >= 4 is 10.9 Å². The van der Waals surface area contributed by atoms with Gasteiger partial charge in [-0.25, -0.2) is 4.39 Å². The number of hydrogen-bond acceptors (Lipinski definition) is 4. The van der Waals surface area contributed by atoms with Crippen molar-refractivity contribution < 1.29 is 13.9 Å². The third-order valence-electron chi connectivity index (χ3n) is 5.19. The summed E-state index contributed by atoms with van der Waals surface area (Å²) in [6, 6.07) is 16.5. The Morgan fingerprint density at radius 2 is 1.68 bits per heavy atom. The van der Waals surface area contributed by atoms with E-state index in [0.29, 0.717) is 11.5 Å². The normalized spacial score (nSPS) is 11.1. The van der Waals surface area contributed by atoms with E-state index in [1.807, 2.05) is 42.5 Å². The Hall–Kier alpha value is -4.13. The van der Waals surface area contributed by atoms with E-state index >= 15 is 0 Å². The highest BCUT2D eigenvalue weighted by atomic mass is 19.1. The summed E-state index contributed by atoms with van der Waals surface area (Å²) in [6.07, 6.45) is 3.39. The molecule has 0 aliphatic heterocycles. The van der Waals surface area contributed by atoms with E-state index in [-0.39, 0.29) is 5.82 Å². The summed E-state index contributed by atoms with van der Waals surface area (Å²) in [5.41, 5.74) is 5.92. The lowest BCUT2D eigenvalue weighted by Crippen LogP contribution is -1.87. The van der Waals surface area contributed by atoms with Crippen LogP contribution in [-0.4, -0.2) is 34.4 Å². The third-order valence-corrected chi connectivity index (χ3v) is 5.19. The van der Waals surface area contributed by atoms with Gasteiger partial charge in [0.05, 0.1) is 37.5 Å². The van der Waals surface area contributed by atoms with E-state index in [4.69, 9.17) is 9.47 Å². The van der Waals surface area contributed by atoms with Crippen LogP contribution in [0.15, 0.2) is 67.0 Å². The maximum absolute atomic E-state index is 14.1. The predicted molar refractivity (Wildman–Crippen MR) is 118 cm³/mol. The average Bonchev–Trinajstić information content (AvgIpc) is 3.45. The SMILES string of the molecule is COc1cncc(-c2cc(-c3cc4c(-c5cc(F)cc(OC)c5)cccc4[nH]3)[nH]n2)c1. The highest BCUT2D eigenvalue weighted by Gasteiger charge is 2.13. The van der Waals surface area contributed by atoms with Crippen molar-refractivity contribution in [3.8, 4) is 45.3 Å². The molecule has 5 rings (SSSR count). The van der Waals surface area contributed by atoms with Crippen LogP contribution in [0, 0.1) is 5.82 Å². The Balaban J connectivity index is 1.57. The van der Waals surface area contributed by atoms with Gasteiger partial charge in [0.2, 0.25) is 0 Å². The molecule has 3 aromatic heterocycles. The van der Waals surface area contributed by atoms with Gasteiger partial charge in [-0.05, 0) is 47.5 Å². The summed E-state index contributed by atoms with van der Waals surface area (Å²) >= 11 is 0. The van der Waals surface area contributed by atoms with E-state index in [0.717, 1.165) is 44.7 Å². The second-order valence-electron chi connectivity index (χ2n) is 7.11. The number of rotatable bonds is 5. The van der Waals surface area contributed by atoms with Crippen LogP contribution in [0.4, 0.5) is 4.39 Å². The van der Waals surface area contributed by atoms with Crippen molar-refractivity contribution in [2.75, 3.05) is 14.2 Å². The number of methoxy groups -OCH3 is 2. The summed E-state index contributed by atoms with van der Waals surface area (Å²) < 4.78 is 24.5. The molecule has 0 aliphatic rings. The van der Waals surface area contributed by atoms with Gasteiger partial charge >= 0.3 is 0 Å². The molecular formula is C24H19FN4O2. The summed E-state index contributed by atoms with van der Waals surface area (Å²) in [6.45, 7) is 0. The van der Waals surface area contributed by atoms with Gasteiger partial charge < -0.3 is 14.5 Å². The van der Waals surface area contributed by atoms with Gasteiger partial charge in [0.15, 0.2) is 0 Å². The molecule has 7 heteroatoms. The van der Waals surface area contributed by atoms with Crippen LogP contribution in [-0.2, 0) is 0 Å². The minimum Gasteiger partial charge on any atom is -0.497 e. The fourth-order valence-electron chi connectivity index (χ4n) is 3.67. The summed E-state index contributed by atoms with van der Waals surface area (Å²) in [5.74, 6) is 0.808. The largest absolute Gasteiger partial charge is 0.497 e. The fourth-order valence-corrected chi connectivity index (χ4v) is 3.67. The van der Waals surface area contributed by atoms with E-state index in [1.165, 1.54) is 19.2 Å². The Morgan fingerprint density at radius 3 is 2.52 bits per heavy atom. The zero-order chi connectivity index (χ0) is 21.4. The van der Waals surface area contributed by atoms with Crippen LogP contribution in [0.3, 0.4) is 0 Å². The van der Waals surface area contributed by atoms with Gasteiger partial charge in [0.1, 0.15) is 17.3 Å². The molecule has 0 unspecified atom stereocenters. The van der Waals surface area contributed by atoms with Crippen molar-refractivity contribution in [2.24, 2.45) is 0 Å². The van der Waals surface area contributed by atoms with E-state index in [1.54, 1.807) is 19.5 Å². The molecule has 0 fully saturated rings. The minimum atomic E-state index is -0.341. The topological polar surface area (TPSA) is 75.8 Å². The number of benzene rings is 2. The zero-order valence-corrected chi connectivity index (χ0v) is 16.9. The molecule has 31 heavy (non-hydrogen) atoms. The van der Waals surface area contributed by atoms with E-state index in [9.17, 15) is 4.39 Å². The smallest absolute Gasteiger partial charge is 0.137 e. The first-order chi connectivity index (χ1) is 15.1. The molecule has 2 aromatic carbocycles. The highest BCUT2D eigenvalue weighted by Crippen LogP contribution is 2.34. The van der Waals surface area contributed by atoms with Crippen molar-refractivity contribution in [3.05, 3.63) is 72.8 Å². The number of fused-ring (bicyclic) bond motifs is 1. The molecule has 0 radical (unpaired) electrons. The second kappa shape index (κ2) is 7.60. The van der Waals surface area contributed by atoms with Crippen molar-refractivity contribution in [2.45, 2.75) is 0 Å². The Morgan fingerprint density at radius 1 is 0.839 bits per heavy atom. The van der Waals surface area contributed by atoms with Gasteiger partial charge in [-0.1, -0.05) is 12.1 Å². The first kappa shape index (κ1) is 18.9. The van der Waals surface area contributed by atoms with Gasteiger partial charge in [-0.3, -0.25) is 10.1 Å². The lowest BCUT2D eigenvalue weighted by atomic mass is 10.0. The molecule has 0 spiro atoms. The number of hydrogen-bond donors (Lipinski definition) is 2. The Kier molecular flexibility index (Phi) is 4.63. The summed E-state index contributed by atoms with van der Waals surface area (Å²) in [5, 5.41) is 8.47. The lowest BCUT2D eigenvalue weighted by Gasteiger charge is -2.07. The Bertz CT molecular complexity index is 1390. The van der Waals surface area contributed by atoms with Crippen LogP contribution in [0.2, 0.25) is 0 Å². The van der Waals surface area contributed by atoms with Gasteiger partial charge in [-0.15, -0.1) is 0 Å². The fraction of sp³-hybridized carbons (Fsp3) is 0.0833. The molecule has 0 bridgehead atoms. The standard InChI is InChI=1S/C24H19FN4O2/c1-30-17-7-14(6-16(25)9-17)19-4-3-5-21-20(19)10-23(27-21)24-11-22(28-29-24)15-8-18(31-2)13-26-12-15/h3-13,27H,1-2H3,(H,28,29). The molecule has 0 saturated heterocycles. The maximum atomic E-state index is 14.1. The second-order valence-corrected chi connectivity index (χ2v) is 7.11. The number of halogens is 1. The molecule has 6 nitrogen and oxygen atoms in total. The molecule has 154 valence electrons. The number of aromatic amines is 2. The highest BCUT2D eigenvalue weighted by molar-refractivity contribution is 5.98. The third kappa shape index (κ3) is 3.50. The lowest BCUT2D eigenvalue weighted by molar-refractivity contribution is 0.411. The molecule has 5 aromatic rings. The van der Waals surface area contributed by atoms with E-state index in [2.05, 4.69) is 20.2 Å². The number of nitrogens with zero attached hydrogens (tertiary/aromatic N) is 2. The Labute approximate surface area is 177 Å². The van der Waals surface area contributed by atoms with Crippen LogP contribution >= 0.6 is 0 Å². The summed E-state index contributed by atoms with van der Waals surface area (Å²) in [4.78, 5) is 7.60. The minimum absolute atomic E-state index is 0.341. The predicted octanol–water partition coefficient (Wildman–Crippen LogP) is 5.44. The van der Waals surface area contributed by atoms with Crippen molar-refractivity contribution in [3.63, 3.8) is 0 Å². The average molecular weight is 414 g/mol. The van der Waals surface area contributed by atoms with Gasteiger partial charge in [0.25, 0.3) is 0 Å². The van der Waals surface area contributed by atoms with Crippen LogP contribution in [0.5, 0.6) is 11.5 Å². The van der Waals surface area contributed by atoms with Crippen molar-refractivity contribution in [1.82, 2.24) is 20.2 Å². The van der Waals surface area contributed by atoms with Crippen molar-refractivity contribution in [1.29, 1.82) is 0 Å². The molecular weight excluding hydrogens is 395 g/mol. The van der Waals surface area contributed by atoms with E-state index < -0.39 is 0 Å². The molecule has 2 N–H and O–H groups in total. The summed E-state index contributed by atoms with van der Waals surface area (Å²) in [7, 11) is 3.13. The van der Waals surface area contributed by atoms with Crippen LogP contribution < -0.4 is 9.47 Å². The number of aromatic nitrogens is 4. The molecule has 3 heterocycles. The van der Waals surface area contributed by atoms with Gasteiger partial charge in [0, 0.05) is 28.7 Å². The van der Waals surface area contributed by atoms with Gasteiger partial charge in [-0.2, -0.15) is 5.10 Å². The zero-order valence-electron chi connectivity index (χ0n) is 16.9. The van der Waals surface area contributed by atoms with Crippen LogP contribution in [0.25, 0.3) is 44.7 Å². The number of ether oxygens (including phenoxy) is 2. The quantitative estimate of drug-likeness (QED) is 0.401. The monoisotopic (exact) mass is 414 g/mol. The number of nitrogens with one attached hydrogen (secondary N) is 2. The first-order valence-corrected chi connectivity index (χ1v) is 9.66. The maximum Gasteiger partial charge on any atom is 0.137 e. The molecule has 0 aliphatic carbocycles. The van der Waals surface area contributed by atoms with Crippen LogP contribution in [0.1, 0.15) is 0 Å². The first-order valence-electron chi connectivity index (χ1n) is 9.66.